The predicted molar refractivity (Wildman–Crippen MR) is 69.4 cm³/mol. The van der Waals surface area contributed by atoms with Crippen LogP contribution in [-0.2, 0) is 13.5 Å². The maximum absolute atomic E-state index is 13.6. The summed E-state index contributed by atoms with van der Waals surface area (Å²) in [7, 11) is 1.86. The summed E-state index contributed by atoms with van der Waals surface area (Å²) in [5.74, 6) is 0.0136. The molecule has 1 N–H and O–H groups in total. The van der Waals surface area contributed by atoms with E-state index in [0.29, 0.717) is 18.8 Å². The monoisotopic (exact) mass is 264 g/mol. The van der Waals surface area contributed by atoms with E-state index in [0.717, 1.165) is 5.56 Å². The molecular formula is C14H17FN2O2. The van der Waals surface area contributed by atoms with Crippen molar-refractivity contribution >= 4 is 0 Å². The van der Waals surface area contributed by atoms with Crippen molar-refractivity contribution in [3.05, 3.63) is 47.5 Å². The van der Waals surface area contributed by atoms with Gasteiger partial charge in [0.05, 0.1) is 18.9 Å². The van der Waals surface area contributed by atoms with Crippen LogP contribution in [0.5, 0.6) is 5.75 Å². The molecule has 0 bridgehead atoms. The summed E-state index contributed by atoms with van der Waals surface area (Å²) >= 11 is 0. The number of aromatic nitrogens is 2. The van der Waals surface area contributed by atoms with Gasteiger partial charge in [0.2, 0.25) is 0 Å². The largest absolute Gasteiger partial charge is 0.493 e. The van der Waals surface area contributed by atoms with Gasteiger partial charge in [-0.25, -0.2) is 4.39 Å². The topological polar surface area (TPSA) is 47.3 Å². The lowest BCUT2D eigenvalue weighted by atomic mass is 10.1. The maximum Gasteiger partial charge on any atom is 0.132 e. The first-order valence-electron chi connectivity index (χ1n) is 6.14. The molecule has 0 aliphatic rings. The van der Waals surface area contributed by atoms with Gasteiger partial charge in [0, 0.05) is 31.3 Å². The Balaban J connectivity index is 1.91. The van der Waals surface area contributed by atoms with Crippen LogP contribution in [-0.4, -0.2) is 21.5 Å². The minimum atomic E-state index is -0.815. The van der Waals surface area contributed by atoms with Crippen LogP contribution in [0, 0.1) is 5.82 Å². The highest BCUT2D eigenvalue weighted by Gasteiger charge is 2.09. The van der Waals surface area contributed by atoms with E-state index in [9.17, 15) is 9.50 Å². The molecule has 1 atom stereocenters. The fourth-order valence-electron chi connectivity index (χ4n) is 1.82. The van der Waals surface area contributed by atoms with Gasteiger partial charge < -0.3 is 9.84 Å². The number of ether oxygens (including phenoxy) is 1. The molecule has 19 heavy (non-hydrogen) atoms. The van der Waals surface area contributed by atoms with E-state index < -0.39 is 11.9 Å². The summed E-state index contributed by atoms with van der Waals surface area (Å²) in [6.45, 7) is 1.99. The van der Waals surface area contributed by atoms with Crippen molar-refractivity contribution in [3.8, 4) is 5.75 Å². The minimum Gasteiger partial charge on any atom is -0.493 e. The average molecular weight is 264 g/mol. The van der Waals surface area contributed by atoms with Gasteiger partial charge in [-0.3, -0.25) is 4.68 Å². The molecule has 0 aliphatic carbocycles. The second kappa shape index (κ2) is 5.84. The van der Waals surface area contributed by atoms with Crippen LogP contribution >= 0.6 is 0 Å². The Morgan fingerprint density at radius 1 is 1.47 bits per heavy atom. The van der Waals surface area contributed by atoms with Gasteiger partial charge in [-0.2, -0.15) is 5.10 Å². The van der Waals surface area contributed by atoms with E-state index >= 15 is 0 Å². The molecule has 4 nitrogen and oxygen atoms in total. The van der Waals surface area contributed by atoms with Crippen molar-refractivity contribution < 1.29 is 14.2 Å². The van der Waals surface area contributed by atoms with Gasteiger partial charge in [-0.15, -0.1) is 0 Å². The molecule has 0 saturated carbocycles. The minimum absolute atomic E-state index is 0.277. The average Bonchev–Trinajstić information content (AvgIpc) is 2.75. The van der Waals surface area contributed by atoms with Crippen LogP contribution in [0.25, 0.3) is 0 Å². The fourth-order valence-corrected chi connectivity index (χ4v) is 1.82. The van der Waals surface area contributed by atoms with Crippen LogP contribution in [0.1, 0.15) is 24.2 Å². The highest BCUT2D eigenvalue weighted by atomic mass is 19.1. The van der Waals surface area contributed by atoms with E-state index in [4.69, 9.17) is 4.74 Å². The van der Waals surface area contributed by atoms with Crippen LogP contribution in [0.15, 0.2) is 30.6 Å². The molecule has 0 unspecified atom stereocenters. The van der Waals surface area contributed by atoms with E-state index in [2.05, 4.69) is 5.10 Å². The number of nitrogens with zero attached hydrogens (tertiary/aromatic N) is 2. The number of aliphatic hydroxyl groups excluding tert-OH is 1. The van der Waals surface area contributed by atoms with E-state index in [1.54, 1.807) is 23.0 Å². The molecule has 0 saturated heterocycles. The lowest BCUT2D eigenvalue weighted by molar-refractivity contribution is 0.194. The number of hydrogen-bond acceptors (Lipinski definition) is 3. The maximum atomic E-state index is 13.6. The summed E-state index contributed by atoms with van der Waals surface area (Å²) in [5, 5.41) is 13.4. The van der Waals surface area contributed by atoms with Crippen LogP contribution in [0.2, 0.25) is 0 Å². The van der Waals surface area contributed by atoms with Crippen molar-refractivity contribution in [2.75, 3.05) is 6.61 Å². The smallest absolute Gasteiger partial charge is 0.132 e. The lowest BCUT2D eigenvalue weighted by Crippen LogP contribution is -2.02. The highest BCUT2D eigenvalue weighted by molar-refractivity contribution is 5.30. The van der Waals surface area contributed by atoms with Gasteiger partial charge in [0.25, 0.3) is 0 Å². The number of halogens is 1. The Labute approximate surface area is 111 Å². The molecular weight excluding hydrogens is 247 g/mol. The summed E-state index contributed by atoms with van der Waals surface area (Å²) in [5.41, 5.74) is 1.35. The first-order chi connectivity index (χ1) is 9.06. The lowest BCUT2D eigenvalue weighted by Gasteiger charge is -2.09. The quantitative estimate of drug-likeness (QED) is 0.901. The first kappa shape index (κ1) is 13.5. The van der Waals surface area contributed by atoms with Gasteiger partial charge in [0.1, 0.15) is 11.6 Å². The Bertz CT molecular complexity index is 552. The molecule has 0 spiro atoms. The zero-order valence-electron chi connectivity index (χ0n) is 11.0. The molecule has 2 rings (SSSR count). The summed E-state index contributed by atoms with van der Waals surface area (Å²) in [4.78, 5) is 0. The van der Waals surface area contributed by atoms with Crippen molar-refractivity contribution in [2.45, 2.75) is 19.4 Å². The Kier molecular flexibility index (Phi) is 4.16. The molecule has 2 aromatic rings. The molecule has 5 heteroatoms. The zero-order valence-corrected chi connectivity index (χ0v) is 11.0. The third-order valence-electron chi connectivity index (χ3n) is 2.84. The summed E-state index contributed by atoms with van der Waals surface area (Å²) in [6.07, 6.45) is 3.60. The summed E-state index contributed by atoms with van der Waals surface area (Å²) in [6, 6.07) is 4.50. The molecule has 0 radical (unpaired) electrons. The summed E-state index contributed by atoms with van der Waals surface area (Å²) < 4.78 is 20.8. The second-order valence-electron chi connectivity index (χ2n) is 4.48. The van der Waals surface area contributed by atoms with Crippen LogP contribution in [0.3, 0.4) is 0 Å². The van der Waals surface area contributed by atoms with Crippen molar-refractivity contribution in [1.82, 2.24) is 9.78 Å². The van der Waals surface area contributed by atoms with Crippen molar-refractivity contribution in [3.63, 3.8) is 0 Å². The van der Waals surface area contributed by atoms with Gasteiger partial charge >= 0.3 is 0 Å². The third kappa shape index (κ3) is 3.54. The van der Waals surface area contributed by atoms with E-state index in [-0.39, 0.29) is 5.56 Å². The Hall–Kier alpha value is -1.88. The first-order valence-corrected chi connectivity index (χ1v) is 6.14. The number of aliphatic hydroxyl groups is 1. The van der Waals surface area contributed by atoms with Gasteiger partial charge in [-0.1, -0.05) is 0 Å². The number of rotatable bonds is 5. The molecule has 0 aliphatic heterocycles. The van der Waals surface area contributed by atoms with Gasteiger partial charge in [0.15, 0.2) is 0 Å². The Morgan fingerprint density at radius 3 is 2.84 bits per heavy atom. The SMILES string of the molecule is C[C@@H](O)c1ccc(OCCc2cnn(C)c2)cc1F. The molecule has 1 aromatic heterocycles. The van der Waals surface area contributed by atoms with Crippen LogP contribution in [0.4, 0.5) is 4.39 Å². The number of hydrogen-bond donors (Lipinski definition) is 1. The molecule has 0 fully saturated rings. The third-order valence-corrected chi connectivity index (χ3v) is 2.84. The van der Waals surface area contributed by atoms with Gasteiger partial charge in [-0.05, 0) is 24.6 Å². The molecule has 102 valence electrons. The Morgan fingerprint density at radius 2 is 2.26 bits per heavy atom. The molecule has 1 heterocycles. The van der Waals surface area contributed by atoms with E-state index in [1.165, 1.54) is 13.0 Å². The van der Waals surface area contributed by atoms with Crippen molar-refractivity contribution in [2.24, 2.45) is 7.05 Å². The van der Waals surface area contributed by atoms with Crippen LogP contribution < -0.4 is 4.74 Å². The number of aryl methyl sites for hydroxylation is 1. The second-order valence-corrected chi connectivity index (χ2v) is 4.48. The highest BCUT2D eigenvalue weighted by Crippen LogP contribution is 2.21. The fraction of sp³-hybridized carbons (Fsp3) is 0.357. The standard InChI is InChI=1S/C14H17FN2O2/c1-10(18)13-4-3-12(7-14(13)15)19-6-5-11-8-16-17(2)9-11/h3-4,7-10,18H,5-6H2,1-2H3/t10-/m1/s1. The van der Waals surface area contributed by atoms with Crippen molar-refractivity contribution in [1.29, 1.82) is 0 Å². The predicted octanol–water partition coefficient (Wildman–Crippen LogP) is 2.23. The molecule has 1 aromatic carbocycles. The zero-order chi connectivity index (χ0) is 13.8. The molecule has 0 amide bonds. The number of benzene rings is 1. The van der Waals surface area contributed by atoms with E-state index in [1.807, 2.05) is 13.2 Å². The normalized spacial score (nSPS) is 12.4.